The molecule has 0 spiro atoms. The van der Waals surface area contributed by atoms with Crippen LogP contribution in [0.25, 0.3) is 0 Å². The van der Waals surface area contributed by atoms with Crippen molar-refractivity contribution in [3.05, 3.63) is 23.9 Å². The second-order valence-corrected chi connectivity index (χ2v) is 6.64. The fourth-order valence-corrected chi connectivity index (χ4v) is 3.61. The predicted molar refractivity (Wildman–Crippen MR) is 96.8 cm³/mol. The van der Waals surface area contributed by atoms with Gasteiger partial charge in [-0.3, -0.25) is 4.79 Å². The molecule has 138 valence electrons. The van der Waals surface area contributed by atoms with Crippen LogP contribution in [0.3, 0.4) is 0 Å². The number of aromatic nitrogens is 2. The molecule has 1 atom stereocenters. The van der Waals surface area contributed by atoms with Crippen LogP contribution in [0.2, 0.25) is 0 Å². The average Bonchev–Trinajstić information content (AvgIpc) is 2.66. The zero-order valence-corrected chi connectivity index (χ0v) is 15.3. The number of carbonyl (C=O) groups is 1. The van der Waals surface area contributed by atoms with Crippen LogP contribution in [0.15, 0.2) is 12.7 Å². The van der Waals surface area contributed by atoms with Gasteiger partial charge in [0.2, 0.25) is 5.91 Å². The van der Waals surface area contributed by atoms with E-state index in [0.29, 0.717) is 25.6 Å². The van der Waals surface area contributed by atoms with Gasteiger partial charge in [-0.2, -0.15) is 15.2 Å². The first-order valence-electron chi connectivity index (χ1n) is 8.74. The van der Waals surface area contributed by atoms with E-state index in [0.717, 1.165) is 36.6 Å². The molecule has 0 aliphatic carbocycles. The molecule has 1 aromatic rings. The predicted octanol–water partition coefficient (Wildman–Crippen LogP) is 0.590. The molecule has 1 unspecified atom stereocenters. The number of ether oxygens (including phenoxy) is 1. The number of amides is 1. The lowest BCUT2D eigenvalue weighted by atomic mass is 10.0. The number of nitriles is 1. The maximum Gasteiger partial charge on any atom is 0.318 e. The van der Waals surface area contributed by atoms with Crippen molar-refractivity contribution in [3.63, 3.8) is 0 Å². The SMILES string of the molecule is C=CC(=O)N1CCN(c2nc(OC)nc3c2CCN(C)C3)CC1CC#N. The Kier molecular flexibility index (Phi) is 5.38. The summed E-state index contributed by atoms with van der Waals surface area (Å²) in [7, 11) is 3.64. The lowest BCUT2D eigenvalue weighted by Crippen LogP contribution is -2.55. The number of hydrogen-bond donors (Lipinski definition) is 0. The molecule has 0 saturated carbocycles. The summed E-state index contributed by atoms with van der Waals surface area (Å²) >= 11 is 0. The molecule has 1 saturated heterocycles. The molecule has 0 N–H and O–H groups in total. The molecular formula is C18H24N6O2. The molecule has 8 nitrogen and oxygen atoms in total. The van der Waals surface area contributed by atoms with E-state index in [9.17, 15) is 4.79 Å². The number of likely N-dealkylation sites (N-methyl/N-ethyl adjacent to an activating group) is 1. The number of methoxy groups -OCH3 is 1. The van der Waals surface area contributed by atoms with Crippen molar-refractivity contribution in [2.24, 2.45) is 0 Å². The largest absolute Gasteiger partial charge is 0.467 e. The Morgan fingerprint density at radius 3 is 2.92 bits per heavy atom. The highest BCUT2D eigenvalue weighted by Gasteiger charge is 2.32. The Morgan fingerprint density at radius 2 is 2.23 bits per heavy atom. The van der Waals surface area contributed by atoms with Crippen molar-refractivity contribution >= 4 is 11.7 Å². The van der Waals surface area contributed by atoms with Gasteiger partial charge < -0.3 is 19.4 Å². The first-order valence-corrected chi connectivity index (χ1v) is 8.74. The van der Waals surface area contributed by atoms with Crippen LogP contribution in [-0.2, 0) is 17.8 Å². The second-order valence-electron chi connectivity index (χ2n) is 6.64. The van der Waals surface area contributed by atoms with Gasteiger partial charge in [0, 0.05) is 38.3 Å². The van der Waals surface area contributed by atoms with Gasteiger partial charge in [0.15, 0.2) is 0 Å². The van der Waals surface area contributed by atoms with Crippen molar-refractivity contribution in [2.45, 2.75) is 25.4 Å². The smallest absolute Gasteiger partial charge is 0.318 e. The van der Waals surface area contributed by atoms with Gasteiger partial charge in [0.05, 0.1) is 31.3 Å². The highest BCUT2D eigenvalue weighted by atomic mass is 16.5. The van der Waals surface area contributed by atoms with E-state index in [1.54, 1.807) is 12.0 Å². The van der Waals surface area contributed by atoms with Crippen molar-refractivity contribution in [2.75, 3.05) is 45.2 Å². The Bertz CT molecular complexity index is 744. The highest BCUT2D eigenvalue weighted by Crippen LogP contribution is 2.29. The van der Waals surface area contributed by atoms with Crippen LogP contribution in [0, 0.1) is 11.3 Å². The average molecular weight is 356 g/mol. The van der Waals surface area contributed by atoms with Crippen molar-refractivity contribution < 1.29 is 9.53 Å². The van der Waals surface area contributed by atoms with E-state index in [-0.39, 0.29) is 18.4 Å². The monoisotopic (exact) mass is 356 g/mol. The molecule has 3 heterocycles. The lowest BCUT2D eigenvalue weighted by Gasteiger charge is -2.41. The van der Waals surface area contributed by atoms with Gasteiger partial charge in [0.25, 0.3) is 0 Å². The first kappa shape index (κ1) is 18.1. The van der Waals surface area contributed by atoms with Crippen molar-refractivity contribution in [1.29, 1.82) is 5.26 Å². The van der Waals surface area contributed by atoms with Gasteiger partial charge in [-0.25, -0.2) is 0 Å². The van der Waals surface area contributed by atoms with E-state index >= 15 is 0 Å². The van der Waals surface area contributed by atoms with Gasteiger partial charge in [-0.15, -0.1) is 0 Å². The van der Waals surface area contributed by atoms with E-state index in [1.165, 1.54) is 6.08 Å². The third-order valence-electron chi connectivity index (χ3n) is 4.96. The fraction of sp³-hybridized carbons (Fsp3) is 0.556. The van der Waals surface area contributed by atoms with Crippen LogP contribution in [0.4, 0.5) is 5.82 Å². The zero-order valence-electron chi connectivity index (χ0n) is 15.3. The lowest BCUT2D eigenvalue weighted by molar-refractivity contribution is -0.128. The van der Waals surface area contributed by atoms with E-state index < -0.39 is 0 Å². The molecule has 0 bridgehead atoms. The fourth-order valence-electron chi connectivity index (χ4n) is 3.61. The Hall–Kier alpha value is -2.66. The third-order valence-corrected chi connectivity index (χ3v) is 4.96. The summed E-state index contributed by atoms with van der Waals surface area (Å²) in [4.78, 5) is 27.3. The summed E-state index contributed by atoms with van der Waals surface area (Å²) in [6.45, 7) is 7.04. The molecule has 2 aliphatic heterocycles. The Balaban J connectivity index is 1.92. The molecule has 26 heavy (non-hydrogen) atoms. The number of anilines is 1. The number of piperazine rings is 1. The van der Waals surface area contributed by atoms with Crippen molar-refractivity contribution in [3.8, 4) is 12.1 Å². The minimum Gasteiger partial charge on any atom is -0.467 e. The summed E-state index contributed by atoms with van der Waals surface area (Å²) in [5.74, 6) is 0.738. The maximum absolute atomic E-state index is 12.1. The Morgan fingerprint density at radius 1 is 1.42 bits per heavy atom. The quantitative estimate of drug-likeness (QED) is 0.730. The summed E-state index contributed by atoms with van der Waals surface area (Å²) in [5.41, 5.74) is 2.13. The maximum atomic E-state index is 12.1. The van der Waals surface area contributed by atoms with Crippen LogP contribution in [-0.4, -0.2) is 72.1 Å². The molecule has 1 amide bonds. The second kappa shape index (κ2) is 7.70. The third kappa shape index (κ3) is 3.48. The van der Waals surface area contributed by atoms with E-state index in [1.807, 2.05) is 0 Å². The summed E-state index contributed by atoms with van der Waals surface area (Å²) < 4.78 is 5.30. The molecular weight excluding hydrogens is 332 g/mol. The molecule has 8 heteroatoms. The number of carbonyl (C=O) groups excluding carboxylic acids is 1. The molecule has 0 radical (unpaired) electrons. The molecule has 1 fully saturated rings. The number of nitrogens with zero attached hydrogens (tertiary/aromatic N) is 6. The number of rotatable bonds is 4. The van der Waals surface area contributed by atoms with Gasteiger partial charge in [-0.05, 0) is 19.5 Å². The summed E-state index contributed by atoms with van der Waals surface area (Å²) in [6, 6.07) is 2.37. The normalized spacial score (nSPS) is 20.3. The standard InChI is InChI=1S/C18H24N6O2/c1-4-16(25)24-10-9-23(11-13(24)5-7-19)17-14-6-8-22(2)12-15(14)20-18(21-17)26-3/h4,13H,1,5-6,8-12H2,2-3H3. The van der Waals surface area contributed by atoms with Crippen LogP contribution in [0.5, 0.6) is 6.01 Å². The van der Waals surface area contributed by atoms with Crippen LogP contribution >= 0.6 is 0 Å². The molecule has 0 aromatic carbocycles. The van der Waals surface area contributed by atoms with Crippen LogP contribution in [0.1, 0.15) is 17.7 Å². The van der Waals surface area contributed by atoms with Gasteiger partial charge >= 0.3 is 6.01 Å². The molecule has 2 aliphatic rings. The summed E-state index contributed by atoms with van der Waals surface area (Å²) in [5, 5.41) is 9.17. The minimum atomic E-state index is -0.179. The van der Waals surface area contributed by atoms with Crippen LogP contribution < -0.4 is 9.64 Å². The zero-order chi connectivity index (χ0) is 18.7. The van der Waals surface area contributed by atoms with E-state index in [2.05, 4.69) is 39.5 Å². The first-order chi connectivity index (χ1) is 12.6. The number of hydrogen-bond acceptors (Lipinski definition) is 7. The molecule has 3 rings (SSSR count). The summed E-state index contributed by atoms with van der Waals surface area (Å²) in [6.07, 6.45) is 2.47. The van der Waals surface area contributed by atoms with E-state index in [4.69, 9.17) is 10.00 Å². The highest BCUT2D eigenvalue weighted by molar-refractivity contribution is 5.87. The Labute approximate surface area is 153 Å². The number of fused-ring (bicyclic) bond motifs is 1. The minimum absolute atomic E-state index is 0.131. The molecule has 1 aromatic heterocycles. The van der Waals surface area contributed by atoms with Crippen molar-refractivity contribution in [1.82, 2.24) is 19.8 Å². The topological polar surface area (TPSA) is 85.6 Å². The van der Waals surface area contributed by atoms with Gasteiger partial charge in [-0.1, -0.05) is 6.58 Å². The van der Waals surface area contributed by atoms with Gasteiger partial charge in [0.1, 0.15) is 5.82 Å².